The number of hydrogen-bond donors (Lipinski definition) is 2. The molecule has 140 valence electrons. The van der Waals surface area contributed by atoms with Crippen LogP contribution in [0.5, 0.6) is 0 Å². The average molecular weight is 397 g/mol. The monoisotopic (exact) mass is 396 g/mol. The van der Waals surface area contributed by atoms with Crippen LogP contribution >= 0.6 is 22.9 Å². The molecule has 2 N–H and O–H groups in total. The van der Waals surface area contributed by atoms with Gasteiger partial charge < -0.3 is 15.4 Å². The van der Waals surface area contributed by atoms with Gasteiger partial charge in [-0.1, -0.05) is 18.2 Å². The van der Waals surface area contributed by atoms with Crippen molar-refractivity contribution in [1.82, 2.24) is 30.8 Å². The van der Waals surface area contributed by atoms with E-state index in [9.17, 15) is 4.79 Å². The summed E-state index contributed by atoms with van der Waals surface area (Å²) in [5.74, 6) is 0.468. The molecule has 10 heteroatoms. The summed E-state index contributed by atoms with van der Waals surface area (Å²) in [6.45, 7) is 5.81. The lowest BCUT2D eigenvalue weighted by Crippen LogP contribution is -2.34. The van der Waals surface area contributed by atoms with Gasteiger partial charge >= 0.3 is 0 Å². The first-order valence-electron chi connectivity index (χ1n) is 8.43. The third kappa shape index (κ3) is 4.67. The van der Waals surface area contributed by atoms with Crippen LogP contribution < -0.4 is 10.6 Å². The molecule has 1 aliphatic heterocycles. The van der Waals surface area contributed by atoms with Crippen molar-refractivity contribution in [1.29, 1.82) is 0 Å². The molecule has 2 aromatic heterocycles. The highest BCUT2D eigenvalue weighted by Gasteiger charge is 2.26. The van der Waals surface area contributed by atoms with Crippen molar-refractivity contribution in [2.24, 2.45) is 0 Å². The molecule has 2 atom stereocenters. The van der Waals surface area contributed by atoms with Gasteiger partial charge in [0.2, 0.25) is 5.91 Å². The second-order valence-electron chi connectivity index (χ2n) is 5.89. The number of rotatable bonds is 9. The van der Waals surface area contributed by atoms with Crippen LogP contribution in [0.15, 0.2) is 24.1 Å². The maximum Gasteiger partial charge on any atom is 0.243 e. The topological polar surface area (TPSA) is 94.0 Å². The predicted octanol–water partition coefficient (Wildman–Crippen LogP) is 1.55. The van der Waals surface area contributed by atoms with Crippen molar-refractivity contribution in [3.63, 3.8) is 0 Å². The van der Waals surface area contributed by atoms with Gasteiger partial charge in [0.1, 0.15) is 0 Å². The number of thiophene rings is 1. The van der Waals surface area contributed by atoms with E-state index in [2.05, 4.69) is 32.7 Å². The first-order valence-corrected chi connectivity index (χ1v) is 9.69. The lowest BCUT2D eigenvalue weighted by molar-refractivity contribution is -0.116. The first kappa shape index (κ1) is 19.0. The third-order valence-electron chi connectivity index (χ3n) is 4.13. The van der Waals surface area contributed by atoms with Gasteiger partial charge in [0.25, 0.3) is 0 Å². The second-order valence-corrected chi connectivity index (χ2v) is 7.40. The van der Waals surface area contributed by atoms with Gasteiger partial charge in [0.15, 0.2) is 5.82 Å². The van der Waals surface area contributed by atoms with Gasteiger partial charge in [-0.15, -0.1) is 16.4 Å². The number of aromatic nitrogens is 4. The van der Waals surface area contributed by atoms with Crippen molar-refractivity contribution < 1.29 is 9.53 Å². The summed E-state index contributed by atoms with van der Waals surface area (Å²) in [5, 5.41) is 20.2. The van der Waals surface area contributed by atoms with Crippen molar-refractivity contribution in [3.05, 3.63) is 39.8 Å². The lowest BCUT2D eigenvalue weighted by Gasteiger charge is -2.19. The summed E-state index contributed by atoms with van der Waals surface area (Å²) in [6.07, 6.45) is 3.44. The maximum absolute atomic E-state index is 11.3. The fraction of sp³-hybridized carbons (Fsp3) is 0.500. The molecule has 2 aromatic rings. The van der Waals surface area contributed by atoms with Gasteiger partial charge in [-0.05, 0) is 40.8 Å². The van der Waals surface area contributed by atoms with Gasteiger partial charge in [-0.3, -0.25) is 4.79 Å². The summed E-state index contributed by atoms with van der Waals surface area (Å²) in [6, 6.07) is 1.68. The highest BCUT2D eigenvalue weighted by atomic mass is 35.5. The maximum atomic E-state index is 11.3. The van der Waals surface area contributed by atoms with E-state index >= 15 is 0 Å². The molecule has 0 radical (unpaired) electrons. The molecule has 0 aromatic carbocycles. The van der Waals surface area contributed by atoms with Crippen molar-refractivity contribution in [2.75, 3.05) is 19.7 Å². The normalized spacial score (nSPS) is 18.0. The Bertz CT molecular complexity index is 743. The zero-order valence-electron chi connectivity index (χ0n) is 14.2. The van der Waals surface area contributed by atoms with Crippen molar-refractivity contribution in [3.8, 4) is 0 Å². The molecule has 0 aliphatic carbocycles. The van der Waals surface area contributed by atoms with E-state index in [1.807, 2.05) is 11.4 Å². The molecule has 1 amide bonds. The standard InChI is InChI=1S/C16H21ClN6O2S/c1-2-13(24)18-6-7-19-14(12-5-9-26-15(12)17)16-20-21-22-23(16)10-11-4-3-8-25-11/h2,5,9,11,14,19H,1,3-4,6-8,10H2,(H,18,24). The number of nitrogens with zero attached hydrogens (tertiary/aromatic N) is 4. The van der Waals surface area contributed by atoms with Crippen LogP contribution in [0.3, 0.4) is 0 Å². The quantitative estimate of drug-likeness (QED) is 0.493. The molecule has 8 nitrogen and oxygen atoms in total. The van der Waals surface area contributed by atoms with Crippen molar-refractivity contribution in [2.45, 2.75) is 31.5 Å². The van der Waals surface area contributed by atoms with E-state index in [0.29, 0.717) is 29.8 Å². The average Bonchev–Trinajstić information content (AvgIpc) is 3.39. The Labute approximate surface area is 160 Å². The summed E-state index contributed by atoms with van der Waals surface area (Å²) < 4.78 is 8.15. The highest BCUT2D eigenvalue weighted by Crippen LogP contribution is 2.31. The Kier molecular flexibility index (Phi) is 6.73. The SMILES string of the molecule is C=CC(=O)NCCNC(c1ccsc1Cl)c1nnnn1CC1CCCO1. The van der Waals surface area contributed by atoms with Gasteiger partial charge in [-0.2, -0.15) is 0 Å². The highest BCUT2D eigenvalue weighted by molar-refractivity contribution is 7.14. The number of halogens is 1. The van der Waals surface area contributed by atoms with Crippen LogP contribution in [0.25, 0.3) is 0 Å². The van der Waals surface area contributed by atoms with E-state index in [1.165, 1.54) is 17.4 Å². The number of tetrazole rings is 1. The van der Waals surface area contributed by atoms with E-state index in [-0.39, 0.29) is 18.1 Å². The molecule has 26 heavy (non-hydrogen) atoms. The summed E-state index contributed by atoms with van der Waals surface area (Å²) in [5.41, 5.74) is 0.912. The molecule has 1 saturated heterocycles. The molecule has 2 unspecified atom stereocenters. The van der Waals surface area contributed by atoms with Gasteiger partial charge in [0.05, 0.1) is 23.0 Å². The predicted molar refractivity (Wildman–Crippen MR) is 99.2 cm³/mol. The van der Waals surface area contributed by atoms with E-state index in [4.69, 9.17) is 16.3 Å². The fourth-order valence-corrected chi connectivity index (χ4v) is 3.84. The Hall–Kier alpha value is -1.81. The first-order chi connectivity index (χ1) is 12.7. The molecule has 1 fully saturated rings. The number of hydrogen-bond acceptors (Lipinski definition) is 7. The van der Waals surface area contributed by atoms with Gasteiger partial charge in [-0.25, -0.2) is 4.68 Å². The van der Waals surface area contributed by atoms with Crippen LogP contribution in [-0.2, 0) is 16.1 Å². The van der Waals surface area contributed by atoms with E-state index < -0.39 is 0 Å². The Balaban J connectivity index is 1.73. The van der Waals surface area contributed by atoms with Crippen LogP contribution in [0.1, 0.15) is 30.3 Å². The molecule has 1 aliphatic rings. The third-order valence-corrected chi connectivity index (χ3v) is 5.33. The zero-order valence-corrected chi connectivity index (χ0v) is 15.8. The minimum atomic E-state index is -0.272. The largest absolute Gasteiger partial charge is 0.376 e. The van der Waals surface area contributed by atoms with E-state index in [1.54, 1.807) is 4.68 Å². The van der Waals surface area contributed by atoms with E-state index in [0.717, 1.165) is 25.0 Å². The molecule has 3 rings (SSSR count). The Morgan fingerprint density at radius 1 is 1.58 bits per heavy atom. The number of amides is 1. The minimum absolute atomic E-state index is 0.128. The smallest absolute Gasteiger partial charge is 0.243 e. The molecule has 0 saturated carbocycles. The Morgan fingerprint density at radius 3 is 3.15 bits per heavy atom. The summed E-state index contributed by atoms with van der Waals surface area (Å²) >= 11 is 7.81. The van der Waals surface area contributed by atoms with Crippen LogP contribution in [0.4, 0.5) is 0 Å². The van der Waals surface area contributed by atoms with Crippen LogP contribution in [0.2, 0.25) is 4.34 Å². The molecule has 0 spiro atoms. The number of ether oxygens (including phenoxy) is 1. The number of carbonyl (C=O) groups is 1. The van der Waals surface area contributed by atoms with Crippen LogP contribution in [0, 0.1) is 0 Å². The molecular weight excluding hydrogens is 376 g/mol. The molecular formula is C16H21ClN6O2S. The fourth-order valence-electron chi connectivity index (χ4n) is 2.85. The van der Waals surface area contributed by atoms with Gasteiger partial charge in [0, 0.05) is 25.3 Å². The zero-order chi connectivity index (χ0) is 18.4. The Morgan fingerprint density at radius 2 is 2.46 bits per heavy atom. The number of nitrogens with one attached hydrogen (secondary N) is 2. The minimum Gasteiger partial charge on any atom is -0.376 e. The van der Waals surface area contributed by atoms with Crippen molar-refractivity contribution >= 4 is 28.8 Å². The van der Waals surface area contributed by atoms with Crippen LogP contribution in [-0.4, -0.2) is 51.9 Å². The summed E-state index contributed by atoms with van der Waals surface area (Å²) in [4.78, 5) is 11.3. The lowest BCUT2D eigenvalue weighted by atomic mass is 10.1. The molecule has 3 heterocycles. The second kappa shape index (κ2) is 9.22. The molecule has 0 bridgehead atoms. The summed E-state index contributed by atoms with van der Waals surface area (Å²) in [7, 11) is 0. The number of carbonyl (C=O) groups excluding carboxylic acids is 1.